The van der Waals surface area contributed by atoms with E-state index in [0.29, 0.717) is 18.8 Å². The number of amides is 2. The number of carbonyl (C=O) groups excluding carboxylic acids is 2. The van der Waals surface area contributed by atoms with Crippen molar-refractivity contribution >= 4 is 17.5 Å². The highest BCUT2D eigenvalue weighted by molar-refractivity contribution is 6.06. The molecule has 6 heteroatoms. The van der Waals surface area contributed by atoms with Gasteiger partial charge >= 0.3 is 0 Å². The van der Waals surface area contributed by atoms with Crippen LogP contribution in [0.1, 0.15) is 29.8 Å². The van der Waals surface area contributed by atoms with Crippen LogP contribution in [0.5, 0.6) is 5.75 Å². The second kappa shape index (κ2) is 7.59. The molecule has 0 saturated carbocycles. The van der Waals surface area contributed by atoms with Crippen molar-refractivity contribution in [2.75, 3.05) is 11.9 Å². The second-order valence-electron chi connectivity index (χ2n) is 5.32. The van der Waals surface area contributed by atoms with Crippen LogP contribution in [-0.4, -0.2) is 28.4 Å². The van der Waals surface area contributed by atoms with E-state index in [2.05, 4.69) is 5.32 Å². The second-order valence-corrected chi connectivity index (χ2v) is 5.32. The Hall–Kier alpha value is -2.89. The molecule has 126 valence electrons. The van der Waals surface area contributed by atoms with Crippen molar-refractivity contribution in [1.29, 1.82) is 0 Å². The molecule has 0 aliphatic heterocycles. The van der Waals surface area contributed by atoms with E-state index in [9.17, 15) is 19.1 Å². The molecule has 0 fully saturated rings. The molecule has 2 N–H and O–H groups in total. The van der Waals surface area contributed by atoms with Crippen molar-refractivity contribution < 1.29 is 19.1 Å². The van der Waals surface area contributed by atoms with Gasteiger partial charge in [-0.05, 0) is 36.8 Å². The number of nitrogens with zero attached hydrogens (tertiary/aromatic N) is 1. The minimum absolute atomic E-state index is 0.0387. The summed E-state index contributed by atoms with van der Waals surface area (Å²) in [6.07, 6.45) is 0. The molecule has 24 heavy (non-hydrogen) atoms. The van der Waals surface area contributed by atoms with E-state index in [1.807, 2.05) is 13.0 Å². The Labute approximate surface area is 139 Å². The van der Waals surface area contributed by atoms with E-state index < -0.39 is 23.0 Å². The Kier molecular flexibility index (Phi) is 5.52. The van der Waals surface area contributed by atoms with Crippen molar-refractivity contribution in [2.45, 2.75) is 20.4 Å². The summed E-state index contributed by atoms with van der Waals surface area (Å²) in [4.78, 5) is 25.3. The fourth-order valence-corrected chi connectivity index (χ4v) is 2.34. The van der Waals surface area contributed by atoms with Gasteiger partial charge in [0.25, 0.3) is 5.91 Å². The average Bonchev–Trinajstić information content (AvgIpc) is 2.52. The Morgan fingerprint density at radius 1 is 1.21 bits per heavy atom. The molecular weight excluding hydrogens is 311 g/mol. The normalized spacial score (nSPS) is 10.3. The molecule has 0 aliphatic rings. The minimum Gasteiger partial charge on any atom is -0.507 e. The van der Waals surface area contributed by atoms with Crippen LogP contribution in [0.15, 0.2) is 42.5 Å². The lowest BCUT2D eigenvalue weighted by molar-refractivity contribution is -0.129. The van der Waals surface area contributed by atoms with Crippen molar-refractivity contribution in [3.8, 4) is 5.75 Å². The summed E-state index contributed by atoms with van der Waals surface area (Å²) < 4.78 is 13.7. The molecule has 0 radical (unpaired) electrons. The number of nitrogens with one attached hydrogen (secondary N) is 1. The molecule has 0 unspecified atom stereocenters. The lowest BCUT2D eigenvalue weighted by Gasteiger charge is -2.19. The number of aromatic hydroxyl groups is 1. The maximum atomic E-state index is 13.7. The van der Waals surface area contributed by atoms with Crippen molar-refractivity contribution in [3.63, 3.8) is 0 Å². The van der Waals surface area contributed by atoms with E-state index in [1.165, 1.54) is 19.1 Å². The van der Waals surface area contributed by atoms with Gasteiger partial charge in [-0.2, -0.15) is 0 Å². The van der Waals surface area contributed by atoms with Crippen molar-refractivity contribution in [2.24, 2.45) is 0 Å². The summed E-state index contributed by atoms with van der Waals surface area (Å²) >= 11 is 0. The van der Waals surface area contributed by atoms with Crippen LogP contribution in [-0.2, 0) is 11.3 Å². The topological polar surface area (TPSA) is 69.6 Å². The average molecular weight is 330 g/mol. The Morgan fingerprint density at radius 3 is 2.54 bits per heavy atom. The first-order valence-electron chi connectivity index (χ1n) is 7.55. The first-order valence-corrected chi connectivity index (χ1v) is 7.55. The number of phenolic OH excluding ortho intramolecular Hbond substituents is 1. The predicted molar refractivity (Wildman–Crippen MR) is 89.2 cm³/mol. The molecule has 2 aromatic carbocycles. The monoisotopic (exact) mass is 330 g/mol. The number of halogens is 1. The Balaban J connectivity index is 2.17. The summed E-state index contributed by atoms with van der Waals surface area (Å²) in [5, 5.41) is 12.2. The summed E-state index contributed by atoms with van der Waals surface area (Å²) in [6, 6.07) is 10.6. The quantitative estimate of drug-likeness (QED) is 0.885. The van der Waals surface area contributed by atoms with E-state index in [-0.39, 0.29) is 5.91 Å². The maximum Gasteiger partial charge on any atom is 0.262 e. The van der Waals surface area contributed by atoms with Crippen LogP contribution < -0.4 is 5.32 Å². The minimum atomic E-state index is -0.794. The lowest BCUT2D eigenvalue weighted by atomic mass is 10.1. The van der Waals surface area contributed by atoms with Gasteiger partial charge in [0.05, 0.1) is 0 Å². The highest BCUT2D eigenvalue weighted by atomic mass is 19.1. The number of phenols is 1. The van der Waals surface area contributed by atoms with Gasteiger partial charge in [0.2, 0.25) is 5.91 Å². The van der Waals surface area contributed by atoms with E-state index in [4.69, 9.17) is 0 Å². The lowest BCUT2D eigenvalue weighted by Crippen LogP contribution is -2.27. The number of rotatable bonds is 5. The molecule has 2 amide bonds. The third-order valence-corrected chi connectivity index (χ3v) is 3.60. The van der Waals surface area contributed by atoms with Crippen LogP contribution in [0, 0.1) is 5.82 Å². The highest BCUT2D eigenvalue weighted by Gasteiger charge is 2.17. The van der Waals surface area contributed by atoms with Crippen molar-refractivity contribution in [3.05, 3.63) is 59.4 Å². The molecule has 2 rings (SSSR count). The Bertz CT molecular complexity index is 741. The number of anilines is 1. The van der Waals surface area contributed by atoms with E-state index >= 15 is 0 Å². The van der Waals surface area contributed by atoms with Crippen LogP contribution in [0.25, 0.3) is 0 Å². The molecular formula is C18H19FN2O3. The summed E-state index contributed by atoms with van der Waals surface area (Å²) in [5.74, 6) is -1.99. The number of hydrogen-bond donors (Lipinski definition) is 2. The van der Waals surface area contributed by atoms with Crippen LogP contribution in [0.4, 0.5) is 10.1 Å². The smallest absolute Gasteiger partial charge is 0.262 e. The van der Waals surface area contributed by atoms with Gasteiger partial charge in [-0.1, -0.05) is 18.2 Å². The number of benzene rings is 2. The SMILES string of the molecule is CCN(Cc1cccc(NC(=O)c2c(O)cccc2F)c1)C(C)=O. The first-order chi connectivity index (χ1) is 11.4. The molecule has 0 atom stereocenters. The summed E-state index contributed by atoms with van der Waals surface area (Å²) in [6.45, 7) is 4.37. The maximum absolute atomic E-state index is 13.7. The zero-order valence-corrected chi connectivity index (χ0v) is 13.5. The van der Waals surface area contributed by atoms with Gasteiger partial charge in [0.1, 0.15) is 17.1 Å². The summed E-state index contributed by atoms with van der Waals surface area (Å²) in [5.41, 5.74) is 0.893. The van der Waals surface area contributed by atoms with Gasteiger partial charge in [-0.15, -0.1) is 0 Å². The number of carbonyl (C=O) groups is 2. The molecule has 0 spiro atoms. The van der Waals surface area contributed by atoms with Gasteiger partial charge in [-0.25, -0.2) is 4.39 Å². The van der Waals surface area contributed by atoms with Gasteiger partial charge < -0.3 is 15.3 Å². The van der Waals surface area contributed by atoms with Crippen LogP contribution in [0.3, 0.4) is 0 Å². The molecule has 2 aromatic rings. The van der Waals surface area contributed by atoms with Crippen molar-refractivity contribution in [1.82, 2.24) is 4.90 Å². The summed E-state index contributed by atoms with van der Waals surface area (Å²) in [7, 11) is 0. The van der Waals surface area contributed by atoms with Crippen LogP contribution in [0.2, 0.25) is 0 Å². The molecule has 5 nitrogen and oxygen atoms in total. The zero-order chi connectivity index (χ0) is 17.7. The standard InChI is InChI=1S/C18H19FN2O3/c1-3-21(12(2)22)11-13-6-4-7-14(10-13)20-18(24)17-15(19)8-5-9-16(17)23/h4-10,23H,3,11H2,1-2H3,(H,20,24). The van der Waals surface area contributed by atoms with Gasteiger partial charge in [0, 0.05) is 25.7 Å². The molecule has 0 bridgehead atoms. The fourth-order valence-electron chi connectivity index (χ4n) is 2.34. The van der Waals surface area contributed by atoms with E-state index in [1.54, 1.807) is 23.1 Å². The van der Waals surface area contributed by atoms with Gasteiger partial charge in [-0.3, -0.25) is 9.59 Å². The highest BCUT2D eigenvalue weighted by Crippen LogP contribution is 2.22. The first kappa shape index (κ1) is 17.5. The zero-order valence-electron chi connectivity index (χ0n) is 13.5. The number of hydrogen-bond acceptors (Lipinski definition) is 3. The Morgan fingerprint density at radius 2 is 1.92 bits per heavy atom. The molecule has 0 aromatic heterocycles. The van der Waals surface area contributed by atoms with E-state index in [0.717, 1.165) is 11.6 Å². The third kappa shape index (κ3) is 4.10. The van der Waals surface area contributed by atoms with Crippen LogP contribution >= 0.6 is 0 Å². The molecule has 0 saturated heterocycles. The van der Waals surface area contributed by atoms with Gasteiger partial charge in [0.15, 0.2) is 0 Å². The molecule has 0 aliphatic carbocycles. The largest absolute Gasteiger partial charge is 0.507 e. The molecule has 0 heterocycles. The third-order valence-electron chi connectivity index (χ3n) is 3.60. The fraction of sp³-hybridized carbons (Fsp3) is 0.222. The predicted octanol–water partition coefficient (Wildman–Crippen LogP) is 3.15.